The second-order valence-corrected chi connectivity index (χ2v) is 11.2. The Balaban J connectivity index is 1.46. The number of furan rings is 1. The Morgan fingerprint density at radius 3 is 2.44 bits per heavy atom. The summed E-state index contributed by atoms with van der Waals surface area (Å²) in [6.45, 7) is 3.83. The van der Waals surface area contributed by atoms with Gasteiger partial charge in [0.25, 0.3) is 0 Å². The van der Waals surface area contributed by atoms with Crippen LogP contribution in [0.1, 0.15) is 51.2 Å². The molecule has 10 nitrogen and oxygen atoms in total. The Labute approximate surface area is 226 Å². The molecule has 2 aliphatic carbocycles. The molecule has 1 aliphatic heterocycles. The van der Waals surface area contributed by atoms with Crippen LogP contribution in [-0.4, -0.2) is 44.1 Å². The first-order valence-corrected chi connectivity index (χ1v) is 13.1. The number of esters is 2. The van der Waals surface area contributed by atoms with E-state index in [1.807, 2.05) is 13.8 Å². The van der Waals surface area contributed by atoms with Crippen LogP contribution >= 0.6 is 0 Å². The van der Waals surface area contributed by atoms with Gasteiger partial charge in [0, 0.05) is 23.6 Å². The van der Waals surface area contributed by atoms with Gasteiger partial charge >= 0.3 is 18.0 Å². The van der Waals surface area contributed by atoms with Crippen molar-refractivity contribution in [2.75, 3.05) is 19.5 Å². The van der Waals surface area contributed by atoms with Crippen molar-refractivity contribution in [2.45, 2.75) is 51.7 Å². The molecule has 1 amide bonds. The van der Waals surface area contributed by atoms with E-state index < -0.39 is 52.9 Å². The summed E-state index contributed by atoms with van der Waals surface area (Å²) >= 11 is 0. The third-order valence-electron chi connectivity index (χ3n) is 9.09. The summed E-state index contributed by atoms with van der Waals surface area (Å²) < 4.78 is 26.9. The molecule has 0 bridgehead atoms. The molecule has 0 radical (unpaired) electrons. The Bertz CT molecular complexity index is 1260. The Kier molecular flexibility index (Phi) is 6.90. The number of ether oxygens (including phenoxy) is 4. The molecule has 0 unspecified atom stereocenters. The molecule has 208 valence electrons. The van der Waals surface area contributed by atoms with Crippen molar-refractivity contribution in [2.24, 2.45) is 28.6 Å². The zero-order valence-corrected chi connectivity index (χ0v) is 22.4. The Morgan fingerprint density at radius 1 is 1.05 bits per heavy atom. The molecule has 0 spiro atoms. The van der Waals surface area contributed by atoms with Gasteiger partial charge in [-0.1, -0.05) is 13.8 Å². The van der Waals surface area contributed by atoms with Crippen molar-refractivity contribution in [3.8, 4) is 5.75 Å². The van der Waals surface area contributed by atoms with Crippen LogP contribution < -0.4 is 10.1 Å². The van der Waals surface area contributed by atoms with Gasteiger partial charge in [-0.3, -0.25) is 19.7 Å². The van der Waals surface area contributed by atoms with Crippen LogP contribution in [0.2, 0.25) is 0 Å². The average molecular weight is 540 g/mol. The third-order valence-corrected chi connectivity index (χ3v) is 9.09. The second-order valence-electron chi connectivity index (χ2n) is 11.2. The minimum Gasteiger partial charge on any atom is -0.497 e. The van der Waals surface area contributed by atoms with Gasteiger partial charge in [-0.2, -0.15) is 0 Å². The molecule has 3 aliphatic rings. The molecular formula is C29H33NO9. The fraction of sp³-hybridized carbons (Fsp3) is 0.517. The topological polar surface area (TPSA) is 130 Å². The number of rotatable bonds is 5. The van der Waals surface area contributed by atoms with Crippen molar-refractivity contribution >= 4 is 29.5 Å². The van der Waals surface area contributed by atoms with Crippen LogP contribution in [0.4, 0.5) is 10.5 Å². The lowest BCUT2D eigenvalue weighted by Gasteiger charge is -2.60. The van der Waals surface area contributed by atoms with E-state index in [-0.39, 0.29) is 18.2 Å². The molecule has 2 heterocycles. The van der Waals surface area contributed by atoms with E-state index in [4.69, 9.17) is 23.4 Å². The minimum absolute atomic E-state index is 0.00485. The molecule has 10 heteroatoms. The van der Waals surface area contributed by atoms with E-state index in [1.54, 1.807) is 30.3 Å². The van der Waals surface area contributed by atoms with Crippen LogP contribution in [-0.2, 0) is 28.6 Å². The lowest BCUT2D eigenvalue weighted by Crippen LogP contribution is -2.64. The van der Waals surface area contributed by atoms with Gasteiger partial charge in [-0.15, -0.1) is 0 Å². The van der Waals surface area contributed by atoms with Crippen molar-refractivity contribution in [1.29, 1.82) is 0 Å². The highest BCUT2D eigenvalue weighted by molar-refractivity contribution is 5.94. The predicted molar refractivity (Wildman–Crippen MR) is 137 cm³/mol. The zero-order chi connectivity index (χ0) is 27.9. The molecule has 3 fully saturated rings. The van der Waals surface area contributed by atoms with Crippen LogP contribution in [0, 0.1) is 28.6 Å². The van der Waals surface area contributed by atoms with Gasteiger partial charge in [-0.25, -0.2) is 4.79 Å². The first-order chi connectivity index (χ1) is 18.6. The number of Topliss-reactive ketones (excluding diaryl/α,β-unsaturated/α-hetero) is 1. The molecule has 5 rings (SSSR count). The summed E-state index contributed by atoms with van der Waals surface area (Å²) in [5, 5.41) is 2.63. The van der Waals surface area contributed by atoms with Gasteiger partial charge in [0.1, 0.15) is 11.9 Å². The summed E-state index contributed by atoms with van der Waals surface area (Å²) in [6, 6.07) is 8.39. The fourth-order valence-electron chi connectivity index (χ4n) is 7.21. The van der Waals surface area contributed by atoms with E-state index in [9.17, 15) is 19.2 Å². The largest absolute Gasteiger partial charge is 0.497 e. The van der Waals surface area contributed by atoms with Gasteiger partial charge < -0.3 is 23.4 Å². The van der Waals surface area contributed by atoms with E-state index in [0.717, 1.165) is 0 Å². The molecule has 2 saturated carbocycles. The summed E-state index contributed by atoms with van der Waals surface area (Å²) in [5.41, 5.74) is -0.474. The third kappa shape index (κ3) is 4.55. The van der Waals surface area contributed by atoms with Gasteiger partial charge in [0.2, 0.25) is 0 Å². The van der Waals surface area contributed by atoms with E-state index >= 15 is 0 Å². The van der Waals surface area contributed by atoms with Crippen LogP contribution in [0.3, 0.4) is 0 Å². The van der Waals surface area contributed by atoms with Crippen LogP contribution in [0.5, 0.6) is 5.75 Å². The van der Waals surface area contributed by atoms with Crippen molar-refractivity contribution in [3.05, 3.63) is 48.4 Å². The first-order valence-electron chi connectivity index (χ1n) is 13.1. The van der Waals surface area contributed by atoms with Crippen molar-refractivity contribution < 1.29 is 42.5 Å². The molecule has 2 aromatic rings. The average Bonchev–Trinajstić information content (AvgIpc) is 3.45. The highest BCUT2D eigenvalue weighted by atomic mass is 16.6. The highest BCUT2D eigenvalue weighted by Crippen LogP contribution is 2.65. The number of anilines is 1. The predicted octanol–water partition coefficient (Wildman–Crippen LogP) is 4.69. The lowest BCUT2D eigenvalue weighted by molar-refractivity contribution is -0.207. The van der Waals surface area contributed by atoms with Gasteiger partial charge in [0.05, 0.1) is 38.6 Å². The number of hydrogen-bond donors (Lipinski definition) is 1. The van der Waals surface area contributed by atoms with Crippen LogP contribution in [0.15, 0.2) is 47.3 Å². The smallest absolute Gasteiger partial charge is 0.412 e. The monoisotopic (exact) mass is 539 g/mol. The number of carbonyl (C=O) groups is 4. The highest BCUT2D eigenvalue weighted by Gasteiger charge is 2.67. The molecule has 7 atom stereocenters. The summed E-state index contributed by atoms with van der Waals surface area (Å²) in [4.78, 5) is 53.4. The standard InChI is InChI=1S/C29H33NO9/c1-28-11-9-19-26(33)38-22(16-10-12-37-15-16)14-29(19,2)24(28)23(31)21(13-20(28)25(32)36-4)39-27(34)30-17-5-7-18(35-3)8-6-17/h5-8,10,12,15,19-22,24H,9,11,13-14H2,1-4H3,(H,30,34)/t19-,20-,21-,22-,24-,28-,29-/m0/s1. The van der Waals surface area contributed by atoms with Crippen LogP contribution in [0.25, 0.3) is 0 Å². The molecule has 39 heavy (non-hydrogen) atoms. The number of hydrogen-bond acceptors (Lipinski definition) is 9. The maximum atomic E-state index is 14.2. The molecule has 1 aromatic carbocycles. The number of amides is 1. The number of cyclic esters (lactones) is 1. The number of nitrogens with one attached hydrogen (secondary N) is 1. The fourth-order valence-corrected chi connectivity index (χ4v) is 7.21. The SMILES string of the molecule is COC(=O)[C@@H]1C[C@H](OC(=O)Nc2ccc(OC)cc2)C(=O)[C@H]2[C@@]1(C)CC[C@H]1C(=O)O[C@H](c3ccoc3)C[C@]21C. The molecular weight excluding hydrogens is 506 g/mol. The number of benzene rings is 1. The minimum atomic E-state index is -1.19. The maximum absolute atomic E-state index is 14.2. The van der Waals surface area contributed by atoms with E-state index in [2.05, 4.69) is 5.32 Å². The molecule has 1 N–H and O–H groups in total. The number of carbonyl (C=O) groups excluding carboxylic acids is 4. The first kappa shape index (κ1) is 26.8. The van der Waals surface area contributed by atoms with E-state index in [1.165, 1.54) is 26.7 Å². The summed E-state index contributed by atoms with van der Waals surface area (Å²) in [6.07, 6.45) is 1.74. The molecule has 1 saturated heterocycles. The number of ketones is 1. The Hall–Kier alpha value is -3.82. The van der Waals surface area contributed by atoms with Gasteiger partial charge in [-0.05, 0) is 60.4 Å². The maximum Gasteiger partial charge on any atom is 0.412 e. The number of fused-ring (bicyclic) bond motifs is 3. The lowest BCUT2D eigenvalue weighted by atomic mass is 9.43. The zero-order valence-electron chi connectivity index (χ0n) is 22.4. The second kappa shape index (κ2) is 10.1. The normalized spacial score (nSPS) is 33.7. The number of methoxy groups -OCH3 is 2. The summed E-state index contributed by atoms with van der Waals surface area (Å²) in [5.74, 6) is -2.50. The van der Waals surface area contributed by atoms with E-state index in [0.29, 0.717) is 36.3 Å². The molecule has 1 aromatic heterocycles. The quantitative estimate of drug-likeness (QED) is 0.424. The van der Waals surface area contributed by atoms with Crippen molar-refractivity contribution in [3.63, 3.8) is 0 Å². The summed E-state index contributed by atoms with van der Waals surface area (Å²) in [7, 11) is 2.85. The van der Waals surface area contributed by atoms with Gasteiger partial charge in [0.15, 0.2) is 11.9 Å². The Morgan fingerprint density at radius 2 is 1.79 bits per heavy atom. The van der Waals surface area contributed by atoms with Crippen molar-refractivity contribution in [1.82, 2.24) is 0 Å².